The van der Waals surface area contributed by atoms with E-state index >= 15 is 0 Å². The number of likely N-dealkylation sites (tertiary alicyclic amines) is 1. The van der Waals surface area contributed by atoms with Gasteiger partial charge in [-0.3, -0.25) is 14.5 Å². The van der Waals surface area contributed by atoms with E-state index in [4.69, 9.17) is 4.74 Å². The number of hydrogen-bond donors (Lipinski definition) is 0. The van der Waals surface area contributed by atoms with Gasteiger partial charge in [0.1, 0.15) is 0 Å². The molecule has 6 heteroatoms. The highest BCUT2D eigenvalue weighted by Gasteiger charge is 2.29. The van der Waals surface area contributed by atoms with Crippen molar-refractivity contribution in [3.8, 4) is 0 Å². The minimum atomic E-state index is -0.105. The molecule has 0 bridgehead atoms. The average Bonchev–Trinajstić information content (AvgIpc) is 2.61. The number of carbonyl (C=O) groups is 2. The molecule has 0 aromatic carbocycles. The van der Waals surface area contributed by atoms with E-state index in [1.807, 2.05) is 11.8 Å². The Balaban J connectivity index is 1.65. The van der Waals surface area contributed by atoms with E-state index in [-0.39, 0.29) is 17.8 Å². The van der Waals surface area contributed by atoms with Gasteiger partial charge in [0.05, 0.1) is 19.1 Å². The Hall–Kier alpha value is -1.14. The van der Waals surface area contributed by atoms with Gasteiger partial charge >= 0.3 is 5.97 Å². The Morgan fingerprint density at radius 3 is 2.16 bits per heavy atom. The Morgan fingerprint density at radius 2 is 1.60 bits per heavy atom. The number of piperazine rings is 1. The van der Waals surface area contributed by atoms with Crippen LogP contribution in [0.15, 0.2) is 0 Å². The number of ether oxygens (including phenoxy) is 1. The van der Waals surface area contributed by atoms with E-state index in [9.17, 15) is 9.59 Å². The zero-order valence-corrected chi connectivity index (χ0v) is 16.2. The summed E-state index contributed by atoms with van der Waals surface area (Å²) < 4.78 is 5.09. The van der Waals surface area contributed by atoms with Crippen LogP contribution in [0.25, 0.3) is 0 Å². The summed E-state index contributed by atoms with van der Waals surface area (Å²) in [7, 11) is 0. The largest absolute Gasteiger partial charge is 0.466 e. The molecule has 0 aromatic rings. The fraction of sp³-hybridized carbons (Fsp3) is 0.895. The molecular formula is C19H35N3O3. The van der Waals surface area contributed by atoms with Gasteiger partial charge in [0.15, 0.2) is 0 Å². The van der Waals surface area contributed by atoms with Gasteiger partial charge in [-0.2, -0.15) is 0 Å². The molecular weight excluding hydrogens is 318 g/mol. The van der Waals surface area contributed by atoms with Crippen LogP contribution in [-0.4, -0.2) is 85.5 Å². The molecule has 0 radical (unpaired) electrons. The molecule has 0 aliphatic carbocycles. The smallest absolute Gasteiger partial charge is 0.309 e. The first kappa shape index (κ1) is 20.2. The standard InChI is InChI=1S/C19H35N3O3/c1-4-25-19(24)17-6-9-22(10-7-17)18(23)15-21-13-11-20(12-14-21)8-5-16(2)3/h16-17H,4-15H2,1-3H3. The fourth-order valence-corrected chi connectivity index (χ4v) is 3.53. The Morgan fingerprint density at radius 1 is 1.00 bits per heavy atom. The molecule has 1 amide bonds. The summed E-state index contributed by atoms with van der Waals surface area (Å²) in [4.78, 5) is 31.0. The summed E-state index contributed by atoms with van der Waals surface area (Å²) in [6, 6.07) is 0. The van der Waals surface area contributed by atoms with E-state index in [2.05, 4.69) is 23.6 Å². The molecule has 0 spiro atoms. The quantitative estimate of drug-likeness (QED) is 0.649. The van der Waals surface area contributed by atoms with Crippen molar-refractivity contribution >= 4 is 11.9 Å². The van der Waals surface area contributed by atoms with Crippen LogP contribution in [0.5, 0.6) is 0 Å². The number of esters is 1. The summed E-state index contributed by atoms with van der Waals surface area (Å²) in [6.07, 6.45) is 2.70. The number of carbonyl (C=O) groups excluding carboxylic acids is 2. The molecule has 0 atom stereocenters. The second kappa shape index (κ2) is 10.1. The fourth-order valence-electron chi connectivity index (χ4n) is 3.53. The molecule has 2 saturated heterocycles. The maximum absolute atomic E-state index is 12.5. The van der Waals surface area contributed by atoms with Crippen LogP contribution in [0.2, 0.25) is 0 Å². The van der Waals surface area contributed by atoms with E-state index in [0.29, 0.717) is 26.2 Å². The van der Waals surface area contributed by atoms with Crippen LogP contribution in [-0.2, 0) is 14.3 Å². The second-order valence-corrected chi connectivity index (χ2v) is 7.71. The first-order chi connectivity index (χ1) is 12.0. The zero-order valence-electron chi connectivity index (χ0n) is 16.2. The van der Waals surface area contributed by atoms with Crippen molar-refractivity contribution < 1.29 is 14.3 Å². The van der Waals surface area contributed by atoms with Gasteiger partial charge in [-0.15, -0.1) is 0 Å². The van der Waals surface area contributed by atoms with E-state index in [1.54, 1.807) is 0 Å². The summed E-state index contributed by atoms with van der Waals surface area (Å²) >= 11 is 0. The molecule has 6 nitrogen and oxygen atoms in total. The van der Waals surface area contributed by atoms with Gasteiger partial charge in [0.2, 0.25) is 5.91 Å². The Kier molecular flexibility index (Phi) is 8.16. The topological polar surface area (TPSA) is 53.1 Å². The normalized spacial score (nSPS) is 20.9. The Labute approximate surface area is 152 Å². The van der Waals surface area contributed by atoms with Gasteiger partial charge in [0, 0.05) is 39.3 Å². The minimum Gasteiger partial charge on any atom is -0.466 e. The second-order valence-electron chi connectivity index (χ2n) is 7.71. The minimum absolute atomic E-state index is 0.0338. The van der Waals surface area contributed by atoms with Crippen LogP contribution in [0.1, 0.15) is 40.0 Å². The molecule has 25 heavy (non-hydrogen) atoms. The van der Waals surface area contributed by atoms with Crippen molar-refractivity contribution in [2.24, 2.45) is 11.8 Å². The molecule has 0 N–H and O–H groups in total. The number of rotatable bonds is 7. The van der Waals surface area contributed by atoms with Crippen molar-refractivity contribution in [3.05, 3.63) is 0 Å². The van der Waals surface area contributed by atoms with E-state index in [0.717, 1.165) is 44.9 Å². The third kappa shape index (κ3) is 6.59. The average molecular weight is 354 g/mol. The first-order valence-electron chi connectivity index (χ1n) is 9.88. The molecule has 2 fully saturated rings. The molecule has 0 aromatic heterocycles. The Bertz CT molecular complexity index is 426. The van der Waals surface area contributed by atoms with Gasteiger partial charge < -0.3 is 14.5 Å². The highest BCUT2D eigenvalue weighted by atomic mass is 16.5. The first-order valence-corrected chi connectivity index (χ1v) is 9.88. The monoisotopic (exact) mass is 353 g/mol. The molecule has 0 unspecified atom stereocenters. The van der Waals surface area contributed by atoms with Crippen LogP contribution in [0.4, 0.5) is 0 Å². The number of amides is 1. The van der Waals surface area contributed by atoms with Crippen molar-refractivity contribution in [3.63, 3.8) is 0 Å². The van der Waals surface area contributed by atoms with Gasteiger partial charge in [-0.05, 0) is 38.6 Å². The molecule has 2 aliphatic rings. The van der Waals surface area contributed by atoms with Gasteiger partial charge in [-0.25, -0.2) is 0 Å². The summed E-state index contributed by atoms with van der Waals surface area (Å²) in [6.45, 7) is 13.9. The maximum atomic E-state index is 12.5. The maximum Gasteiger partial charge on any atom is 0.309 e. The predicted molar refractivity (Wildman–Crippen MR) is 98.3 cm³/mol. The third-order valence-electron chi connectivity index (χ3n) is 5.31. The van der Waals surface area contributed by atoms with Crippen molar-refractivity contribution in [1.29, 1.82) is 0 Å². The van der Waals surface area contributed by atoms with Crippen LogP contribution in [0, 0.1) is 11.8 Å². The van der Waals surface area contributed by atoms with E-state index in [1.165, 1.54) is 13.0 Å². The summed E-state index contributed by atoms with van der Waals surface area (Å²) in [5.41, 5.74) is 0. The van der Waals surface area contributed by atoms with Crippen molar-refractivity contribution in [1.82, 2.24) is 14.7 Å². The van der Waals surface area contributed by atoms with E-state index < -0.39 is 0 Å². The third-order valence-corrected chi connectivity index (χ3v) is 5.31. The number of nitrogens with zero attached hydrogens (tertiary/aromatic N) is 3. The lowest BCUT2D eigenvalue weighted by Crippen LogP contribution is -2.51. The molecule has 144 valence electrons. The predicted octanol–water partition coefficient (Wildman–Crippen LogP) is 1.45. The van der Waals surface area contributed by atoms with Crippen molar-refractivity contribution in [2.75, 3.05) is 59.0 Å². The van der Waals surface area contributed by atoms with Crippen molar-refractivity contribution in [2.45, 2.75) is 40.0 Å². The highest BCUT2D eigenvalue weighted by Crippen LogP contribution is 2.19. The number of piperidine rings is 1. The van der Waals surface area contributed by atoms with Gasteiger partial charge in [-0.1, -0.05) is 13.8 Å². The molecule has 2 rings (SSSR count). The zero-order chi connectivity index (χ0) is 18.2. The van der Waals surface area contributed by atoms with Crippen LogP contribution < -0.4 is 0 Å². The summed E-state index contributed by atoms with van der Waals surface area (Å²) in [5.74, 6) is 0.815. The van der Waals surface area contributed by atoms with Gasteiger partial charge in [0.25, 0.3) is 0 Å². The highest BCUT2D eigenvalue weighted by molar-refractivity contribution is 5.79. The SMILES string of the molecule is CCOC(=O)C1CCN(C(=O)CN2CCN(CCC(C)C)CC2)CC1. The summed E-state index contributed by atoms with van der Waals surface area (Å²) in [5, 5.41) is 0. The van der Waals surface area contributed by atoms with Crippen LogP contribution >= 0.6 is 0 Å². The lowest BCUT2D eigenvalue weighted by Gasteiger charge is -2.37. The molecule has 0 saturated carbocycles. The lowest BCUT2D eigenvalue weighted by atomic mass is 9.97. The lowest BCUT2D eigenvalue weighted by molar-refractivity contribution is -0.151. The van der Waals surface area contributed by atoms with Crippen LogP contribution in [0.3, 0.4) is 0 Å². The molecule has 2 heterocycles. The molecule has 2 aliphatic heterocycles. The number of hydrogen-bond acceptors (Lipinski definition) is 5.